The van der Waals surface area contributed by atoms with E-state index in [1.54, 1.807) is 36.1 Å². The molecule has 2 aliphatic rings. The Bertz CT molecular complexity index is 1370. The van der Waals surface area contributed by atoms with Crippen molar-refractivity contribution in [3.63, 3.8) is 0 Å². The summed E-state index contributed by atoms with van der Waals surface area (Å²) in [4.78, 5) is 31.5. The van der Waals surface area contributed by atoms with Gasteiger partial charge in [-0.2, -0.15) is 0 Å². The molecular formula is C30H40Cl2N4O5S. The van der Waals surface area contributed by atoms with Gasteiger partial charge in [-0.05, 0) is 100.0 Å². The molecule has 2 aromatic rings. The van der Waals surface area contributed by atoms with Crippen molar-refractivity contribution >= 4 is 50.7 Å². The Morgan fingerprint density at radius 1 is 1.00 bits per heavy atom. The minimum Gasteiger partial charge on any atom is -0.495 e. The van der Waals surface area contributed by atoms with Crippen molar-refractivity contribution in [1.82, 2.24) is 9.80 Å². The number of hydrogen-bond acceptors (Lipinski definition) is 6. The van der Waals surface area contributed by atoms with Gasteiger partial charge >= 0.3 is 0 Å². The van der Waals surface area contributed by atoms with E-state index in [4.69, 9.17) is 33.1 Å². The molecule has 2 amide bonds. The molecule has 0 radical (unpaired) electrons. The van der Waals surface area contributed by atoms with Gasteiger partial charge in [-0.1, -0.05) is 29.3 Å². The predicted molar refractivity (Wildman–Crippen MR) is 166 cm³/mol. The molecule has 9 nitrogen and oxygen atoms in total. The topological polar surface area (TPSA) is 113 Å². The van der Waals surface area contributed by atoms with Crippen molar-refractivity contribution in [2.45, 2.75) is 50.3 Å². The first-order valence-corrected chi connectivity index (χ1v) is 16.7. The number of nitrogens with two attached hydrogens (primary N) is 1. The van der Waals surface area contributed by atoms with E-state index in [0.717, 1.165) is 56.6 Å². The number of amides is 2. The fourth-order valence-corrected chi connectivity index (χ4v) is 6.99. The first-order valence-electron chi connectivity index (χ1n) is 14.4. The molecule has 0 unspecified atom stereocenters. The summed E-state index contributed by atoms with van der Waals surface area (Å²) in [5.74, 6) is 0.666. The Balaban J connectivity index is 1.32. The highest BCUT2D eigenvalue weighted by molar-refractivity contribution is 7.89. The molecule has 2 heterocycles. The Kier molecular flexibility index (Phi) is 11.2. The van der Waals surface area contributed by atoms with E-state index in [9.17, 15) is 18.0 Å². The molecule has 230 valence electrons. The van der Waals surface area contributed by atoms with Crippen LogP contribution < -0.4 is 14.8 Å². The number of hydrogen-bond donors (Lipinski definition) is 1. The summed E-state index contributed by atoms with van der Waals surface area (Å²) in [6.07, 6.45) is 4.89. The molecule has 0 spiro atoms. The fraction of sp³-hybridized carbons (Fsp3) is 0.533. The zero-order chi connectivity index (χ0) is 30.4. The molecule has 12 heteroatoms. The van der Waals surface area contributed by atoms with E-state index in [1.165, 1.54) is 7.11 Å². The second-order valence-corrected chi connectivity index (χ2v) is 13.6. The van der Waals surface area contributed by atoms with Crippen molar-refractivity contribution in [2.75, 3.05) is 51.3 Å². The Labute approximate surface area is 258 Å². The van der Waals surface area contributed by atoms with Gasteiger partial charge in [0.1, 0.15) is 10.6 Å². The molecule has 2 saturated heterocycles. The largest absolute Gasteiger partial charge is 0.495 e. The van der Waals surface area contributed by atoms with Crippen molar-refractivity contribution in [1.29, 1.82) is 0 Å². The number of piperidine rings is 2. The van der Waals surface area contributed by atoms with Crippen molar-refractivity contribution in [2.24, 2.45) is 17.0 Å². The lowest BCUT2D eigenvalue weighted by Gasteiger charge is -2.35. The van der Waals surface area contributed by atoms with Crippen LogP contribution in [0.2, 0.25) is 10.0 Å². The van der Waals surface area contributed by atoms with Gasteiger partial charge in [-0.25, -0.2) is 13.6 Å². The molecule has 2 aliphatic heterocycles. The molecular weight excluding hydrogens is 599 g/mol. The van der Waals surface area contributed by atoms with Crippen LogP contribution in [-0.4, -0.2) is 76.4 Å². The maximum atomic E-state index is 13.7. The average molecular weight is 640 g/mol. The number of benzene rings is 2. The molecule has 4 rings (SSSR count). The Morgan fingerprint density at radius 3 is 2.29 bits per heavy atom. The van der Waals surface area contributed by atoms with Crippen LogP contribution in [0.15, 0.2) is 41.3 Å². The van der Waals surface area contributed by atoms with Crippen molar-refractivity contribution < 1.29 is 22.7 Å². The quantitative estimate of drug-likeness (QED) is 0.407. The van der Waals surface area contributed by atoms with Crippen LogP contribution in [0.1, 0.15) is 44.6 Å². The van der Waals surface area contributed by atoms with E-state index in [1.807, 2.05) is 17.0 Å². The van der Waals surface area contributed by atoms with Gasteiger partial charge in [0.15, 0.2) is 0 Å². The van der Waals surface area contributed by atoms with Crippen molar-refractivity contribution in [3.8, 4) is 5.75 Å². The average Bonchev–Trinajstić information content (AvgIpc) is 2.97. The van der Waals surface area contributed by atoms with Crippen LogP contribution in [0.5, 0.6) is 5.75 Å². The SMILES string of the molecule is COc1ccc(CC2CCN(CCCN(C(=O)C3CCN(C(C)=O)CC3)c3ccc(Cl)c(Cl)c3)CC2)cc1S(N)(=O)=O. The van der Waals surface area contributed by atoms with Crippen LogP contribution in [-0.2, 0) is 26.0 Å². The van der Waals surface area contributed by atoms with Crippen molar-refractivity contribution in [3.05, 3.63) is 52.0 Å². The zero-order valence-corrected chi connectivity index (χ0v) is 26.6. The third kappa shape index (κ3) is 8.38. The summed E-state index contributed by atoms with van der Waals surface area (Å²) in [7, 11) is -2.44. The molecule has 0 atom stereocenters. The summed E-state index contributed by atoms with van der Waals surface area (Å²) in [6.45, 7) is 6.05. The summed E-state index contributed by atoms with van der Waals surface area (Å²) in [6, 6.07) is 10.5. The first kappa shape index (κ1) is 32.5. The molecule has 0 bridgehead atoms. The number of methoxy groups -OCH3 is 1. The van der Waals surface area contributed by atoms with Gasteiger partial charge < -0.3 is 19.4 Å². The third-order valence-corrected chi connectivity index (χ3v) is 10.1. The third-order valence-electron chi connectivity index (χ3n) is 8.39. The number of likely N-dealkylation sites (tertiary alicyclic amines) is 2. The highest BCUT2D eigenvalue weighted by Gasteiger charge is 2.30. The predicted octanol–water partition coefficient (Wildman–Crippen LogP) is 4.59. The standard InChI is InChI=1S/C30H40Cl2N4O5S/c1-21(37)35-16-10-24(11-17-35)30(38)36(25-5-6-26(31)27(32)20-25)13-3-12-34-14-8-22(9-15-34)18-23-4-7-28(41-2)29(19-23)42(33,39)40/h4-7,19-20,22,24H,3,8-18H2,1-2H3,(H2,33,39,40). The molecule has 2 fully saturated rings. The van der Waals surface area contributed by atoms with Crippen LogP contribution in [0.4, 0.5) is 5.69 Å². The number of anilines is 1. The molecule has 0 aromatic heterocycles. The lowest BCUT2D eigenvalue weighted by Crippen LogP contribution is -2.45. The molecule has 0 saturated carbocycles. The van der Waals surface area contributed by atoms with Crippen LogP contribution >= 0.6 is 23.2 Å². The number of rotatable bonds is 10. The van der Waals surface area contributed by atoms with Crippen LogP contribution in [0.3, 0.4) is 0 Å². The van der Waals surface area contributed by atoms with E-state index < -0.39 is 10.0 Å². The van der Waals surface area contributed by atoms with Gasteiger partial charge in [0, 0.05) is 38.2 Å². The van der Waals surface area contributed by atoms with E-state index in [-0.39, 0.29) is 28.4 Å². The number of carbonyl (C=O) groups is 2. The van der Waals surface area contributed by atoms with Gasteiger partial charge in [0.25, 0.3) is 0 Å². The second kappa shape index (κ2) is 14.4. The maximum Gasteiger partial charge on any atom is 0.241 e. The van der Waals surface area contributed by atoms with Gasteiger partial charge in [-0.15, -0.1) is 0 Å². The van der Waals surface area contributed by atoms with Crippen LogP contribution in [0, 0.1) is 11.8 Å². The maximum absolute atomic E-state index is 13.7. The molecule has 42 heavy (non-hydrogen) atoms. The number of primary sulfonamides is 1. The number of sulfonamides is 1. The summed E-state index contributed by atoms with van der Waals surface area (Å²) in [5.41, 5.74) is 1.67. The highest BCUT2D eigenvalue weighted by atomic mass is 35.5. The lowest BCUT2D eigenvalue weighted by atomic mass is 9.90. The molecule has 2 N–H and O–H groups in total. The Hall–Kier alpha value is -2.37. The van der Waals surface area contributed by atoms with E-state index in [2.05, 4.69) is 4.90 Å². The summed E-state index contributed by atoms with van der Waals surface area (Å²) in [5, 5.41) is 6.24. The molecule has 0 aliphatic carbocycles. The highest BCUT2D eigenvalue weighted by Crippen LogP contribution is 2.31. The van der Waals surface area contributed by atoms with E-state index in [0.29, 0.717) is 48.4 Å². The first-order chi connectivity index (χ1) is 20.0. The van der Waals surface area contributed by atoms with E-state index >= 15 is 0 Å². The number of carbonyl (C=O) groups excluding carboxylic acids is 2. The minimum atomic E-state index is -3.87. The fourth-order valence-electron chi connectivity index (χ4n) is 5.95. The Morgan fingerprint density at radius 2 is 1.69 bits per heavy atom. The van der Waals surface area contributed by atoms with Gasteiger partial charge in [0.2, 0.25) is 21.8 Å². The second-order valence-electron chi connectivity index (χ2n) is 11.2. The monoisotopic (exact) mass is 638 g/mol. The number of halogens is 2. The minimum absolute atomic E-state index is 0.0189. The van der Waals surface area contributed by atoms with Gasteiger partial charge in [0.05, 0.1) is 17.2 Å². The summed E-state index contributed by atoms with van der Waals surface area (Å²) < 4.78 is 29.1. The molecule has 2 aromatic carbocycles. The normalized spacial score (nSPS) is 17.3. The summed E-state index contributed by atoms with van der Waals surface area (Å²) >= 11 is 12.5. The number of nitrogens with zero attached hydrogens (tertiary/aromatic N) is 3. The lowest BCUT2D eigenvalue weighted by molar-refractivity contribution is -0.133. The smallest absolute Gasteiger partial charge is 0.241 e. The van der Waals surface area contributed by atoms with Crippen LogP contribution in [0.25, 0.3) is 0 Å². The van der Waals surface area contributed by atoms with Gasteiger partial charge in [-0.3, -0.25) is 9.59 Å². The zero-order valence-electron chi connectivity index (χ0n) is 24.2. The number of ether oxygens (including phenoxy) is 1.